The predicted octanol–water partition coefficient (Wildman–Crippen LogP) is 2.57. The number of fused-ring (bicyclic) bond motifs is 1. The van der Waals surface area contributed by atoms with Crippen molar-refractivity contribution in [1.29, 1.82) is 0 Å². The molecule has 1 saturated heterocycles. The number of benzene rings is 1. The van der Waals surface area contributed by atoms with Gasteiger partial charge in [0.15, 0.2) is 0 Å². The summed E-state index contributed by atoms with van der Waals surface area (Å²) in [4.78, 5) is 23.0. The molecule has 98 valence electrons. The first-order valence-electron chi connectivity index (χ1n) is 6.37. The van der Waals surface area contributed by atoms with Crippen LogP contribution in [0.4, 0.5) is 0 Å². The molecule has 4 nitrogen and oxygen atoms in total. The van der Waals surface area contributed by atoms with E-state index in [0.717, 1.165) is 27.9 Å². The number of aryl methyl sites for hydroxylation is 2. The van der Waals surface area contributed by atoms with E-state index in [4.69, 9.17) is 4.42 Å². The zero-order chi connectivity index (χ0) is 13.6. The molecule has 1 aliphatic rings. The Kier molecular flexibility index (Phi) is 2.66. The van der Waals surface area contributed by atoms with E-state index in [9.17, 15) is 9.59 Å². The highest BCUT2D eigenvalue weighted by molar-refractivity contribution is 5.99. The number of imide groups is 1. The van der Waals surface area contributed by atoms with Gasteiger partial charge in [0.25, 0.3) is 0 Å². The summed E-state index contributed by atoms with van der Waals surface area (Å²) in [6.45, 7) is 3.95. The number of hydrogen-bond acceptors (Lipinski definition) is 3. The molecule has 1 aliphatic heterocycles. The van der Waals surface area contributed by atoms with Crippen molar-refractivity contribution in [2.75, 3.05) is 0 Å². The monoisotopic (exact) mass is 257 g/mol. The molecule has 0 atom stereocenters. The Morgan fingerprint density at radius 2 is 1.84 bits per heavy atom. The van der Waals surface area contributed by atoms with Crippen LogP contribution >= 0.6 is 0 Å². The van der Waals surface area contributed by atoms with Gasteiger partial charge < -0.3 is 4.42 Å². The maximum absolute atomic E-state index is 11.5. The van der Waals surface area contributed by atoms with Crippen molar-refractivity contribution in [2.24, 2.45) is 0 Å². The van der Waals surface area contributed by atoms with Gasteiger partial charge in [-0.05, 0) is 25.0 Å². The minimum atomic E-state index is -0.210. The SMILES string of the molecule is Cc1oc2c(C3CC(=O)NC(=O)C3)cccc2c1C. The maximum Gasteiger partial charge on any atom is 0.227 e. The Labute approximate surface area is 110 Å². The van der Waals surface area contributed by atoms with Crippen LogP contribution in [-0.2, 0) is 9.59 Å². The highest BCUT2D eigenvalue weighted by Gasteiger charge is 2.28. The normalized spacial score (nSPS) is 16.9. The Morgan fingerprint density at radius 1 is 1.16 bits per heavy atom. The van der Waals surface area contributed by atoms with E-state index in [1.54, 1.807) is 0 Å². The summed E-state index contributed by atoms with van der Waals surface area (Å²) in [5, 5.41) is 3.40. The molecule has 0 aliphatic carbocycles. The lowest BCUT2D eigenvalue weighted by atomic mass is 9.88. The number of para-hydroxylation sites is 1. The van der Waals surface area contributed by atoms with Gasteiger partial charge in [-0.2, -0.15) is 0 Å². The quantitative estimate of drug-likeness (QED) is 0.799. The van der Waals surface area contributed by atoms with Crippen molar-refractivity contribution >= 4 is 22.8 Å². The van der Waals surface area contributed by atoms with Crippen molar-refractivity contribution in [3.63, 3.8) is 0 Å². The maximum atomic E-state index is 11.5. The second-order valence-electron chi connectivity index (χ2n) is 5.08. The number of nitrogens with one attached hydrogen (secondary N) is 1. The number of carbonyl (C=O) groups is 2. The van der Waals surface area contributed by atoms with Crippen LogP contribution in [0.1, 0.15) is 35.6 Å². The fourth-order valence-electron chi connectivity index (χ4n) is 2.70. The van der Waals surface area contributed by atoms with Crippen molar-refractivity contribution in [3.8, 4) is 0 Å². The first-order chi connectivity index (χ1) is 9.06. The van der Waals surface area contributed by atoms with Crippen molar-refractivity contribution < 1.29 is 14.0 Å². The molecule has 1 fully saturated rings. The molecule has 1 N–H and O–H groups in total. The van der Waals surface area contributed by atoms with E-state index in [1.807, 2.05) is 32.0 Å². The van der Waals surface area contributed by atoms with Crippen LogP contribution in [0.3, 0.4) is 0 Å². The molecule has 4 heteroatoms. The van der Waals surface area contributed by atoms with Crippen molar-refractivity contribution in [2.45, 2.75) is 32.6 Å². The van der Waals surface area contributed by atoms with E-state index < -0.39 is 0 Å². The average molecular weight is 257 g/mol. The first-order valence-corrected chi connectivity index (χ1v) is 6.37. The van der Waals surface area contributed by atoms with E-state index in [0.29, 0.717) is 12.8 Å². The van der Waals surface area contributed by atoms with Gasteiger partial charge in [-0.25, -0.2) is 0 Å². The van der Waals surface area contributed by atoms with Crippen molar-refractivity contribution in [1.82, 2.24) is 5.32 Å². The molecule has 2 aromatic rings. The van der Waals surface area contributed by atoms with Crippen LogP contribution in [0.5, 0.6) is 0 Å². The van der Waals surface area contributed by atoms with Gasteiger partial charge in [-0.1, -0.05) is 18.2 Å². The lowest BCUT2D eigenvalue weighted by Gasteiger charge is -2.21. The van der Waals surface area contributed by atoms with Crippen LogP contribution < -0.4 is 5.32 Å². The smallest absolute Gasteiger partial charge is 0.227 e. The van der Waals surface area contributed by atoms with Crippen LogP contribution in [0.15, 0.2) is 22.6 Å². The molecule has 2 amide bonds. The fourth-order valence-corrected chi connectivity index (χ4v) is 2.70. The molecule has 1 aromatic heterocycles. The summed E-state index contributed by atoms with van der Waals surface area (Å²) in [5.41, 5.74) is 2.88. The molecule has 2 heterocycles. The second-order valence-corrected chi connectivity index (χ2v) is 5.08. The molecule has 3 rings (SSSR count). The Balaban J connectivity index is 2.12. The molecule has 0 bridgehead atoms. The molecule has 19 heavy (non-hydrogen) atoms. The average Bonchev–Trinajstić information content (AvgIpc) is 2.64. The highest BCUT2D eigenvalue weighted by Crippen LogP contribution is 2.35. The number of carbonyl (C=O) groups excluding carboxylic acids is 2. The van der Waals surface area contributed by atoms with E-state index in [1.165, 1.54) is 0 Å². The molecule has 0 spiro atoms. The van der Waals surface area contributed by atoms with Crippen LogP contribution in [0.2, 0.25) is 0 Å². The molecular weight excluding hydrogens is 242 g/mol. The summed E-state index contributed by atoms with van der Waals surface area (Å²) in [6.07, 6.45) is 0.674. The third-order valence-electron chi connectivity index (χ3n) is 3.81. The second kappa shape index (κ2) is 4.23. The lowest BCUT2D eigenvalue weighted by molar-refractivity contribution is -0.133. The molecular formula is C15H15NO3. The number of furan rings is 1. The Bertz CT molecular complexity index is 668. The summed E-state index contributed by atoms with van der Waals surface area (Å²) >= 11 is 0. The van der Waals surface area contributed by atoms with Gasteiger partial charge >= 0.3 is 0 Å². The Morgan fingerprint density at radius 3 is 2.53 bits per heavy atom. The Hall–Kier alpha value is -2.10. The van der Waals surface area contributed by atoms with Gasteiger partial charge in [-0.15, -0.1) is 0 Å². The summed E-state index contributed by atoms with van der Waals surface area (Å²) < 4.78 is 5.81. The predicted molar refractivity (Wildman–Crippen MR) is 70.8 cm³/mol. The molecule has 0 unspecified atom stereocenters. The zero-order valence-corrected chi connectivity index (χ0v) is 10.9. The van der Waals surface area contributed by atoms with Gasteiger partial charge in [-0.3, -0.25) is 14.9 Å². The van der Waals surface area contributed by atoms with Crippen LogP contribution in [0.25, 0.3) is 11.0 Å². The van der Waals surface area contributed by atoms with E-state index in [2.05, 4.69) is 5.32 Å². The zero-order valence-electron chi connectivity index (χ0n) is 10.9. The van der Waals surface area contributed by atoms with E-state index in [-0.39, 0.29) is 17.7 Å². The lowest BCUT2D eigenvalue weighted by Crippen LogP contribution is -2.37. The third kappa shape index (κ3) is 1.93. The van der Waals surface area contributed by atoms with Gasteiger partial charge in [0, 0.05) is 24.1 Å². The fraction of sp³-hybridized carbons (Fsp3) is 0.333. The minimum absolute atomic E-state index is 0.0881. The summed E-state index contributed by atoms with van der Waals surface area (Å²) in [6, 6.07) is 5.91. The number of piperidine rings is 1. The van der Waals surface area contributed by atoms with E-state index >= 15 is 0 Å². The van der Waals surface area contributed by atoms with Gasteiger partial charge in [0.05, 0.1) is 0 Å². The van der Waals surface area contributed by atoms with Crippen LogP contribution in [0, 0.1) is 13.8 Å². The third-order valence-corrected chi connectivity index (χ3v) is 3.81. The highest BCUT2D eigenvalue weighted by atomic mass is 16.3. The minimum Gasteiger partial charge on any atom is -0.461 e. The number of rotatable bonds is 1. The number of amides is 2. The molecule has 0 saturated carbocycles. The standard InChI is InChI=1S/C15H15NO3/c1-8-9(2)19-15-11(8)4-3-5-12(15)10-6-13(17)16-14(18)7-10/h3-5,10H,6-7H2,1-2H3,(H,16,17,18). The summed E-state index contributed by atoms with van der Waals surface area (Å²) in [5.74, 6) is 0.375. The van der Waals surface area contributed by atoms with Gasteiger partial charge in [0.2, 0.25) is 11.8 Å². The first kappa shape index (κ1) is 12.0. The topological polar surface area (TPSA) is 59.3 Å². The molecule has 0 radical (unpaired) electrons. The van der Waals surface area contributed by atoms with Crippen molar-refractivity contribution in [3.05, 3.63) is 35.1 Å². The van der Waals surface area contributed by atoms with Gasteiger partial charge in [0.1, 0.15) is 11.3 Å². The summed E-state index contributed by atoms with van der Waals surface area (Å²) in [7, 11) is 0. The molecule has 1 aromatic carbocycles. The largest absolute Gasteiger partial charge is 0.461 e. The number of hydrogen-bond donors (Lipinski definition) is 1. The van der Waals surface area contributed by atoms with Crippen LogP contribution in [-0.4, -0.2) is 11.8 Å².